The van der Waals surface area contributed by atoms with Crippen LogP contribution >= 0.6 is 0 Å². The molecule has 37 heavy (non-hydrogen) atoms. The lowest BCUT2D eigenvalue weighted by atomic mass is 9.81. The van der Waals surface area contributed by atoms with Gasteiger partial charge in [0.2, 0.25) is 0 Å². The van der Waals surface area contributed by atoms with Crippen LogP contribution in [0.1, 0.15) is 50.4 Å². The monoisotopic (exact) mass is 499 g/mol. The maximum atomic E-state index is 13.1. The van der Waals surface area contributed by atoms with Crippen molar-refractivity contribution in [3.63, 3.8) is 0 Å². The lowest BCUT2D eigenvalue weighted by Gasteiger charge is -2.40. The molecule has 8 heteroatoms. The predicted octanol–water partition coefficient (Wildman–Crippen LogP) is 5.73. The summed E-state index contributed by atoms with van der Waals surface area (Å²) in [5.74, 6) is 0.386. The van der Waals surface area contributed by atoms with Crippen molar-refractivity contribution in [1.82, 2.24) is 14.9 Å². The molecule has 2 fully saturated rings. The van der Waals surface area contributed by atoms with Crippen molar-refractivity contribution in [2.75, 3.05) is 13.2 Å². The van der Waals surface area contributed by atoms with E-state index in [1.807, 2.05) is 4.90 Å². The summed E-state index contributed by atoms with van der Waals surface area (Å²) in [6.07, 6.45) is 6.22. The summed E-state index contributed by atoms with van der Waals surface area (Å²) in [6.45, 7) is 7.20. The third-order valence-electron chi connectivity index (χ3n) is 7.86. The van der Waals surface area contributed by atoms with Gasteiger partial charge in [-0.2, -0.15) is 0 Å². The van der Waals surface area contributed by atoms with Gasteiger partial charge in [-0.15, -0.1) is 0 Å². The first-order valence-corrected chi connectivity index (χ1v) is 12.6. The number of furan rings is 2. The second-order valence-corrected chi connectivity index (χ2v) is 11.2. The summed E-state index contributed by atoms with van der Waals surface area (Å²) in [6, 6.07) is 12.3. The van der Waals surface area contributed by atoms with E-state index < -0.39 is 5.97 Å². The molecular weight excluding hydrogens is 470 g/mol. The third-order valence-corrected chi connectivity index (χ3v) is 7.86. The summed E-state index contributed by atoms with van der Waals surface area (Å²) in [4.78, 5) is 37.3. The number of ether oxygens (including phenoxy) is 1. The highest BCUT2D eigenvalue weighted by Gasteiger charge is 2.53. The Morgan fingerprint density at radius 2 is 1.68 bits per heavy atom. The van der Waals surface area contributed by atoms with Crippen molar-refractivity contribution < 1.29 is 23.2 Å². The quantitative estimate of drug-likeness (QED) is 0.323. The molecule has 1 saturated carbocycles. The zero-order chi connectivity index (χ0) is 25.8. The Morgan fingerprint density at radius 3 is 2.32 bits per heavy atom. The number of nitrogens with zero attached hydrogens (tertiary/aromatic N) is 3. The molecule has 1 aliphatic heterocycles. The van der Waals surface area contributed by atoms with Gasteiger partial charge in [0, 0.05) is 12.6 Å². The fourth-order valence-electron chi connectivity index (χ4n) is 6.25. The number of aromatic nitrogens is 2. The average molecular weight is 500 g/mol. The molecule has 4 heterocycles. The van der Waals surface area contributed by atoms with Crippen molar-refractivity contribution in [1.29, 1.82) is 0 Å². The Hall–Kier alpha value is -3.94. The number of benzene rings is 1. The maximum absolute atomic E-state index is 13.1. The van der Waals surface area contributed by atoms with E-state index in [9.17, 15) is 9.59 Å². The molecule has 2 bridgehead atoms. The highest BCUT2D eigenvalue weighted by Crippen LogP contribution is 2.55. The van der Waals surface area contributed by atoms with E-state index in [1.54, 1.807) is 55.0 Å². The Labute approximate surface area is 214 Å². The maximum Gasteiger partial charge on any atom is 0.338 e. The summed E-state index contributed by atoms with van der Waals surface area (Å²) in [7, 11) is 0. The molecule has 1 aliphatic carbocycles. The van der Waals surface area contributed by atoms with Crippen molar-refractivity contribution in [2.45, 2.75) is 46.1 Å². The molecular formula is C29H29N3O5. The van der Waals surface area contributed by atoms with Gasteiger partial charge in [-0.05, 0) is 72.6 Å². The number of carbonyl (C=O) groups excluding carboxylic acids is 2. The summed E-state index contributed by atoms with van der Waals surface area (Å²) in [5.41, 5.74) is 2.80. The van der Waals surface area contributed by atoms with Crippen LogP contribution in [0, 0.1) is 10.8 Å². The van der Waals surface area contributed by atoms with Gasteiger partial charge in [-0.3, -0.25) is 4.79 Å². The molecule has 2 unspecified atom stereocenters. The number of esters is 1. The lowest BCUT2D eigenvalue weighted by Crippen LogP contribution is -2.49. The summed E-state index contributed by atoms with van der Waals surface area (Å²) < 4.78 is 16.6. The van der Waals surface area contributed by atoms with E-state index >= 15 is 0 Å². The van der Waals surface area contributed by atoms with Crippen molar-refractivity contribution in [3.8, 4) is 22.9 Å². The topological polar surface area (TPSA) is 98.7 Å². The molecule has 1 amide bonds. The first-order valence-electron chi connectivity index (χ1n) is 12.6. The molecule has 1 saturated heterocycles. The molecule has 2 atom stereocenters. The molecule has 6 rings (SSSR count). The van der Waals surface area contributed by atoms with Gasteiger partial charge in [-0.25, -0.2) is 14.8 Å². The van der Waals surface area contributed by atoms with Crippen LogP contribution in [0.15, 0.2) is 63.8 Å². The van der Waals surface area contributed by atoms with E-state index in [1.165, 1.54) is 0 Å². The smallest absolute Gasteiger partial charge is 0.338 e. The first kappa shape index (κ1) is 23.5. The van der Waals surface area contributed by atoms with Crippen molar-refractivity contribution in [2.24, 2.45) is 10.8 Å². The van der Waals surface area contributed by atoms with Crippen molar-refractivity contribution in [3.05, 3.63) is 60.6 Å². The average Bonchev–Trinajstić information content (AvgIpc) is 3.62. The van der Waals surface area contributed by atoms with Crippen LogP contribution in [0.2, 0.25) is 0 Å². The summed E-state index contributed by atoms with van der Waals surface area (Å²) in [5, 5.41) is 0. The number of hydrogen-bond donors (Lipinski definition) is 0. The van der Waals surface area contributed by atoms with Gasteiger partial charge in [-0.1, -0.05) is 20.8 Å². The van der Waals surface area contributed by atoms with Crippen LogP contribution in [0.3, 0.4) is 0 Å². The number of hydrogen-bond acceptors (Lipinski definition) is 7. The summed E-state index contributed by atoms with van der Waals surface area (Å²) >= 11 is 0. The number of amides is 1. The number of likely N-dealkylation sites (tertiary alicyclic amines) is 1. The van der Waals surface area contributed by atoms with Crippen molar-refractivity contribution >= 4 is 22.9 Å². The SMILES string of the molecule is CC12CCN(C(=O)COC(=O)c3ccc4nc(-c5ccco5)c(-c5ccco5)nc4c3)C(C1)C(C)(C)C2. The van der Waals surface area contributed by atoms with Crippen LogP contribution in [0.5, 0.6) is 0 Å². The molecule has 1 aromatic carbocycles. The molecule has 0 N–H and O–H groups in total. The minimum Gasteiger partial charge on any atom is -0.463 e. The predicted molar refractivity (Wildman–Crippen MR) is 136 cm³/mol. The van der Waals surface area contributed by atoms with E-state index in [2.05, 4.69) is 20.8 Å². The highest BCUT2D eigenvalue weighted by molar-refractivity contribution is 5.95. The minimum atomic E-state index is -0.570. The standard InChI is InChI=1S/C29H29N3O5/c1-28(2)17-29(3)10-11-32(23(28)15-29)24(33)16-37-27(34)18-8-9-19-20(14-18)31-26(22-7-5-13-36-22)25(30-19)21-6-4-12-35-21/h4-9,12-14,23H,10-11,15-17H2,1-3H3. The minimum absolute atomic E-state index is 0.0577. The molecule has 0 spiro atoms. The largest absolute Gasteiger partial charge is 0.463 e. The number of carbonyl (C=O) groups is 2. The molecule has 0 radical (unpaired) electrons. The second kappa shape index (κ2) is 8.57. The number of fused-ring (bicyclic) bond motifs is 3. The van der Waals surface area contributed by atoms with Crippen LogP contribution < -0.4 is 0 Å². The fraction of sp³-hybridized carbons (Fsp3) is 0.379. The first-order chi connectivity index (χ1) is 17.7. The lowest BCUT2D eigenvalue weighted by molar-refractivity contribution is -0.140. The zero-order valence-corrected chi connectivity index (χ0v) is 21.2. The Morgan fingerprint density at radius 1 is 1.00 bits per heavy atom. The van der Waals surface area contributed by atoms with Gasteiger partial charge < -0.3 is 18.5 Å². The molecule has 190 valence electrons. The molecule has 3 aromatic heterocycles. The third kappa shape index (κ3) is 4.20. The zero-order valence-electron chi connectivity index (χ0n) is 21.2. The van der Waals surface area contributed by atoms with Crippen LogP contribution in [-0.2, 0) is 9.53 Å². The van der Waals surface area contributed by atoms with E-state index in [-0.39, 0.29) is 24.0 Å². The normalized spacial score (nSPS) is 22.4. The molecule has 4 aromatic rings. The highest BCUT2D eigenvalue weighted by atomic mass is 16.5. The van der Waals surface area contributed by atoms with Crippen LogP contribution in [0.4, 0.5) is 0 Å². The Bertz CT molecular complexity index is 1470. The second-order valence-electron chi connectivity index (χ2n) is 11.2. The fourth-order valence-corrected chi connectivity index (χ4v) is 6.25. The van der Waals surface area contributed by atoms with Gasteiger partial charge in [0.05, 0.1) is 29.1 Å². The van der Waals surface area contributed by atoms with E-state index in [0.29, 0.717) is 51.5 Å². The Kier molecular flexibility index (Phi) is 5.44. The van der Waals surface area contributed by atoms with Crippen LogP contribution in [0.25, 0.3) is 33.9 Å². The van der Waals surface area contributed by atoms with Crippen LogP contribution in [-0.4, -0.2) is 45.9 Å². The number of rotatable bonds is 5. The van der Waals surface area contributed by atoms with Gasteiger partial charge in [0.15, 0.2) is 18.1 Å². The van der Waals surface area contributed by atoms with E-state index in [4.69, 9.17) is 23.5 Å². The van der Waals surface area contributed by atoms with E-state index in [0.717, 1.165) is 19.3 Å². The molecule has 8 nitrogen and oxygen atoms in total. The number of piperidine rings is 1. The van der Waals surface area contributed by atoms with Gasteiger partial charge >= 0.3 is 5.97 Å². The molecule has 2 aliphatic rings. The Balaban J connectivity index is 1.22. The van der Waals surface area contributed by atoms with Gasteiger partial charge in [0.1, 0.15) is 11.4 Å². The van der Waals surface area contributed by atoms with Gasteiger partial charge in [0.25, 0.3) is 5.91 Å².